The number of carbonyl (C=O) groups is 1. The predicted molar refractivity (Wildman–Crippen MR) is 104 cm³/mol. The van der Waals surface area contributed by atoms with Crippen molar-refractivity contribution >= 4 is 29.2 Å². The number of benzene rings is 2. The smallest absolute Gasteiger partial charge is 0.226 e. The van der Waals surface area contributed by atoms with Crippen LogP contribution >= 0.6 is 11.6 Å². The molecule has 3 N–H and O–H groups in total. The molecule has 2 aromatic rings. The predicted octanol–water partition coefficient (Wildman–Crippen LogP) is 3.48. The Hall–Kier alpha value is -2.60. The van der Waals surface area contributed by atoms with Gasteiger partial charge in [-0.2, -0.15) is 0 Å². The van der Waals surface area contributed by atoms with Crippen molar-refractivity contribution in [2.75, 3.05) is 18.9 Å². The zero-order valence-corrected chi connectivity index (χ0v) is 15.5. The summed E-state index contributed by atoms with van der Waals surface area (Å²) in [6, 6.07) is 11.8. The Morgan fingerprint density at radius 2 is 2.00 bits per heavy atom. The van der Waals surface area contributed by atoms with Gasteiger partial charge in [-0.15, -0.1) is 0 Å². The molecule has 0 fully saturated rings. The first-order valence-corrected chi connectivity index (χ1v) is 8.60. The first kappa shape index (κ1) is 19.7. The molecule has 0 saturated carbocycles. The molecular formula is C19H22ClFN4O. The zero-order valence-electron chi connectivity index (χ0n) is 14.8. The van der Waals surface area contributed by atoms with E-state index in [1.165, 1.54) is 12.1 Å². The summed E-state index contributed by atoms with van der Waals surface area (Å²) >= 11 is 6.10. The second-order valence-electron chi connectivity index (χ2n) is 5.76. The molecular weight excluding hydrogens is 355 g/mol. The van der Waals surface area contributed by atoms with Crippen LogP contribution in [-0.2, 0) is 11.3 Å². The lowest BCUT2D eigenvalue weighted by molar-refractivity contribution is -0.116. The molecule has 5 nitrogen and oxygen atoms in total. The summed E-state index contributed by atoms with van der Waals surface area (Å²) in [7, 11) is 1.63. The summed E-state index contributed by atoms with van der Waals surface area (Å²) in [5.74, 6) is 0.109. The van der Waals surface area contributed by atoms with Gasteiger partial charge in [-0.1, -0.05) is 29.8 Å². The fourth-order valence-electron chi connectivity index (χ4n) is 2.28. The monoisotopic (exact) mass is 376 g/mol. The van der Waals surface area contributed by atoms with Crippen molar-refractivity contribution in [1.82, 2.24) is 10.6 Å². The lowest BCUT2D eigenvalue weighted by Gasteiger charge is -2.12. The van der Waals surface area contributed by atoms with Crippen LogP contribution in [0, 0.1) is 12.7 Å². The van der Waals surface area contributed by atoms with Crippen molar-refractivity contribution in [1.29, 1.82) is 0 Å². The Kier molecular flexibility index (Phi) is 7.41. The third kappa shape index (κ3) is 6.37. The molecule has 2 aromatic carbocycles. The summed E-state index contributed by atoms with van der Waals surface area (Å²) < 4.78 is 13.2. The molecule has 0 aliphatic rings. The van der Waals surface area contributed by atoms with Gasteiger partial charge in [0, 0.05) is 26.6 Å². The Morgan fingerprint density at radius 3 is 2.69 bits per heavy atom. The van der Waals surface area contributed by atoms with Crippen LogP contribution in [0.4, 0.5) is 10.1 Å². The second kappa shape index (κ2) is 9.77. The Morgan fingerprint density at radius 1 is 1.19 bits per heavy atom. The van der Waals surface area contributed by atoms with Gasteiger partial charge >= 0.3 is 0 Å². The van der Waals surface area contributed by atoms with Crippen molar-refractivity contribution in [2.45, 2.75) is 19.9 Å². The normalized spacial score (nSPS) is 11.2. The molecule has 0 atom stereocenters. The highest BCUT2D eigenvalue weighted by Crippen LogP contribution is 2.22. The van der Waals surface area contributed by atoms with Crippen LogP contribution < -0.4 is 16.0 Å². The summed E-state index contributed by atoms with van der Waals surface area (Å²) in [5.41, 5.74) is 2.43. The van der Waals surface area contributed by atoms with Crippen molar-refractivity contribution in [3.8, 4) is 0 Å². The summed E-state index contributed by atoms with van der Waals surface area (Å²) in [4.78, 5) is 16.1. The maximum atomic E-state index is 13.2. The molecule has 0 heterocycles. The molecule has 7 heteroatoms. The van der Waals surface area contributed by atoms with Crippen molar-refractivity contribution < 1.29 is 9.18 Å². The molecule has 0 radical (unpaired) electrons. The fourth-order valence-corrected chi connectivity index (χ4v) is 2.56. The minimum Gasteiger partial charge on any atom is -0.356 e. The Labute approximate surface area is 157 Å². The number of hydrogen-bond acceptors (Lipinski definition) is 2. The van der Waals surface area contributed by atoms with Crippen molar-refractivity contribution in [2.24, 2.45) is 4.99 Å². The summed E-state index contributed by atoms with van der Waals surface area (Å²) in [6.07, 6.45) is 0.255. The number of aliphatic imine (C=N–C) groups is 1. The van der Waals surface area contributed by atoms with Crippen LogP contribution in [0.5, 0.6) is 0 Å². The molecule has 0 saturated heterocycles. The molecule has 0 aliphatic carbocycles. The highest BCUT2D eigenvalue weighted by molar-refractivity contribution is 6.33. The van der Waals surface area contributed by atoms with Gasteiger partial charge < -0.3 is 16.0 Å². The van der Waals surface area contributed by atoms with E-state index in [0.29, 0.717) is 29.8 Å². The molecule has 138 valence electrons. The number of carbonyl (C=O) groups excluding carboxylic acids is 1. The average molecular weight is 377 g/mol. The largest absolute Gasteiger partial charge is 0.356 e. The Balaban J connectivity index is 1.75. The molecule has 0 unspecified atom stereocenters. The molecule has 0 spiro atoms. The Bertz CT molecular complexity index is 795. The lowest BCUT2D eigenvalue weighted by atomic mass is 10.2. The highest BCUT2D eigenvalue weighted by Gasteiger charge is 2.07. The van der Waals surface area contributed by atoms with E-state index >= 15 is 0 Å². The first-order valence-electron chi connectivity index (χ1n) is 8.23. The molecule has 0 bridgehead atoms. The molecule has 26 heavy (non-hydrogen) atoms. The second-order valence-corrected chi connectivity index (χ2v) is 6.17. The number of anilines is 1. The molecule has 0 aliphatic heterocycles. The van der Waals surface area contributed by atoms with Gasteiger partial charge in [0.15, 0.2) is 5.96 Å². The number of nitrogens with one attached hydrogen (secondary N) is 3. The van der Waals surface area contributed by atoms with Crippen molar-refractivity contribution in [3.05, 3.63) is 64.4 Å². The van der Waals surface area contributed by atoms with E-state index in [-0.39, 0.29) is 18.1 Å². The SMILES string of the molecule is CN=C(NCCC(=O)Nc1ccc(C)cc1Cl)NCc1cccc(F)c1. The number of amides is 1. The van der Waals surface area contributed by atoms with Crippen LogP contribution in [-0.4, -0.2) is 25.5 Å². The van der Waals surface area contributed by atoms with E-state index in [1.54, 1.807) is 25.2 Å². The van der Waals surface area contributed by atoms with E-state index in [2.05, 4.69) is 20.9 Å². The van der Waals surface area contributed by atoms with Gasteiger partial charge in [-0.25, -0.2) is 4.39 Å². The van der Waals surface area contributed by atoms with Gasteiger partial charge in [-0.3, -0.25) is 9.79 Å². The van der Waals surface area contributed by atoms with Crippen LogP contribution in [0.2, 0.25) is 5.02 Å². The van der Waals surface area contributed by atoms with Crippen molar-refractivity contribution in [3.63, 3.8) is 0 Å². The molecule has 2 rings (SSSR count). The fraction of sp³-hybridized carbons (Fsp3) is 0.263. The number of nitrogens with zero attached hydrogens (tertiary/aromatic N) is 1. The van der Waals surface area contributed by atoms with Crippen LogP contribution in [0.3, 0.4) is 0 Å². The van der Waals surface area contributed by atoms with Gasteiger partial charge in [0.05, 0.1) is 10.7 Å². The third-order valence-corrected chi connectivity index (χ3v) is 3.93. The van der Waals surface area contributed by atoms with Crippen LogP contribution in [0.15, 0.2) is 47.5 Å². The number of rotatable bonds is 6. The quantitative estimate of drug-likeness (QED) is 0.534. The summed E-state index contributed by atoms with van der Waals surface area (Å²) in [6.45, 7) is 2.77. The van der Waals surface area contributed by atoms with E-state index in [1.807, 2.05) is 19.1 Å². The van der Waals surface area contributed by atoms with Crippen LogP contribution in [0.1, 0.15) is 17.5 Å². The standard InChI is InChI=1S/C19H22ClFN4O/c1-13-6-7-17(16(20)10-13)25-18(26)8-9-23-19(22-2)24-12-14-4-3-5-15(21)11-14/h3-7,10-11H,8-9,12H2,1-2H3,(H,25,26)(H2,22,23,24). The third-order valence-electron chi connectivity index (χ3n) is 3.62. The van der Waals surface area contributed by atoms with E-state index in [4.69, 9.17) is 11.6 Å². The number of hydrogen-bond donors (Lipinski definition) is 3. The number of aryl methyl sites for hydroxylation is 1. The number of guanidine groups is 1. The maximum absolute atomic E-state index is 13.2. The zero-order chi connectivity index (χ0) is 18.9. The first-order chi connectivity index (χ1) is 12.5. The van der Waals surface area contributed by atoms with Gasteiger partial charge in [-0.05, 0) is 42.3 Å². The van der Waals surface area contributed by atoms with E-state index < -0.39 is 0 Å². The van der Waals surface area contributed by atoms with Gasteiger partial charge in [0.25, 0.3) is 0 Å². The minimum absolute atomic E-state index is 0.149. The van der Waals surface area contributed by atoms with Gasteiger partial charge in [0.1, 0.15) is 5.82 Å². The van der Waals surface area contributed by atoms with E-state index in [0.717, 1.165) is 11.1 Å². The van der Waals surface area contributed by atoms with Gasteiger partial charge in [0.2, 0.25) is 5.91 Å². The minimum atomic E-state index is -0.279. The highest BCUT2D eigenvalue weighted by atomic mass is 35.5. The summed E-state index contributed by atoms with van der Waals surface area (Å²) in [5, 5.41) is 9.41. The molecule has 0 aromatic heterocycles. The topological polar surface area (TPSA) is 65.5 Å². The number of halogens is 2. The maximum Gasteiger partial charge on any atom is 0.226 e. The average Bonchev–Trinajstić information content (AvgIpc) is 2.60. The molecule has 1 amide bonds. The lowest BCUT2D eigenvalue weighted by Crippen LogP contribution is -2.38. The van der Waals surface area contributed by atoms with E-state index in [9.17, 15) is 9.18 Å². The van der Waals surface area contributed by atoms with Crippen LogP contribution in [0.25, 0.3) is 0 Å².